The lowest BCUT2D eigenvalue weighted by Crippen LogP contribution is -1.98. The molecule has 0 fully saturated rings. The highest BCUT2D eigenvalue weighted by atomic mass is 35.5. The van der Waals surface area contributed by atoms with Crippen molar-refractivity contribution in [2.75, 3.05) is 19.0 Å². The van der Waals surface area contributed by atoms with E-state index in [1.165, 1.54) is 0 Å². The molecule has 19 heavy (non-hydrogen) atoms. The average Bonchev–Trinajstić information content (AvgIpc) is 2.88. The van der Waals surface area contributed by atoms with E-state index < -0.39 is 0 Å². The van der Waals surface area contributed by atoms with Gasteiger partial charge in [0.2, 0.25) is 5.13 Å². The molecule has 1 aromatic carbocycles. The summed E-state index contributed by atoms with van der Waals surface area (Å²) in [5.74, 6) is 0.748. The summed E-state index contributed by atoms with van der Waals surface area (Å²) >= 11 is 7.60. The molecule has 0 aliphatic heterocycles. The number of hydrogen-bond donors (Lipinski definition) is 1. The van der Waals surface area contributed by atoms with E-state index in [0.717, 1.165) is 35.2 Å². The number of benzene rings is 1. The quantitative estimate of drug-likeness (QED) is 0.793. The molecular formula is C13H16ClN3OS. The van der Waals surface area contributed by atoms with Gasteiger partial charge >= 0.3 is 0 Å². The second-order valence-electron chi connectivity index (χ2n) is 3.99. The minimum absolute atomic E-state index is 0.658. The number of anilines is 1. The molecule has 0 aliphatic rings. The average molecular weight is 298 g/mol. The molecule has 0 saturated heterocycles. The molecule has 0 unspecified atom stereocenters. The third kappa shape index (κ3) is 4.36. The van der Waals surface area contributed by atoms with E-state index in [0.29, 0.717) is 11.6 Å². The van der Waals surface area contributed by atoms with Crippen molar-refractivity contribution in [2.24, 2.45) is 0 Å². The van der Waals surface area contributed by atoms with Crippen LogP contribution in [0.2, 0.25) is 5.02 Å². The van der Waals surface area contributed by atoms with Gasteiger partial charge in [-0.1, -0.05) is 35.1 Å². The summed E-state index contributed by atoms with van der Waals surface area (Å²) < 4.78 is 5.62. The van der Waals surface area contributed by atoms with Crippen molar-refractivity contribution in [1.82, 2.24) is 10.2 Å². The molecule has 0 aliphatic carbocycles. The molecule has 0 amide bonds. The number of nitrogens with zero attached hydrogens (tertiary/aromatic N) is 2. The summed E-state index contributed by atoms with van der Waals surface area (Å²) in [5.41, 5.74) is 0. The highest BCUT2D eigenvalue weighted by Gasteiger charge is 2.03. The van der Waals surface area contributed by atoms with Crippen molar-refractivity contribution in [3.63, 3.8) is 0 Å². The van der Waals surface area contributed by atoms with E-state index in [1.54, 1.807) is 11.3 Å². The first-order chi connectivity index (χ1) is 9.29. The van der Waals surface area contributed by atoms with E-state index in [9.17, 15) is 0 Å². The van der Waals surface area contributed by atoms with Crippen LogP contribution >= 0.6 is 22.9 Å². The van der Waals surface area contributed by atoms with Crippen molar-refractivity contribution in [2.45, 2.75) is 19.3 Å². The van der Waals surface area contributed by atoms with E-state index in [4.69, 9.17) is 16.3 Å². The summed E-state index contributed by atoms with van der Waals surface area (Å²) in [6.07, 6.45) is 2.94. The van der Waals surface area contributed by atoms with Crippen LogP contribution in [0.4, 0.5) is 5.13 Å². The normalized spacial score (nSPS) is 10.4. The molecule has 0 radical (unpaired) electrons. The second-order valence-corrected chi connectivity index (χ2v) is 5.46. The van der Waals surface area contributed by atoms with E-state index in [1.807, 2.05) is 31.3 Å². The predicted octanol–water partition coefficient (Wildman–Crippen LogP) is 3.63. The van der Waals surface area contributed by atoms with E-state index in [-0.39, 0.29) is 0 Å². The Morgan fingerprint density at radius 2 is 2.11 bits per heavy atom. The predicted molar refractivity (Wildman–Crippen MR) is 79.3 cm³/mol. The number of aryl methyl sites for hydroxylation is 1. The van der Waals surface area contributed by atoms with E-state index >= 15 is 0 Å². The summed E-state index contributed by atoms with van der Waals surface area (Å²) in [4.78, 5) is 0. The molecule has 102 valence electrons. The minimum Gasteiger partial charge on any atom is -0.492 e. The number of halogens is 1. The lowest BCUT2D eigenvalue weighted by atomic mass is 10.2. The van der Waals surface area contributed by atoms with Crippen molar-refractivity contribution >= 4 is 28.1 Å². The smallest absolute Gasteiger partial charge is 0.205 e. The molecule has 0 spiro atoms. The number of hydrogen-bond acceptors (Lipinski definition) is 5. The van der Waals surface area contributed by atoms with Gasteiger partial charge in [-0.3, -0.25) is 0 Å². The lowest BCUT2D eigenvalue weighted by Gasteiger charge is -2.06. The van der Waals surface area contributed by atoms with E-state index in [2.05, 4.69) is 15.5 Å². The first-order valence-electron chi connectivity index (χ1n) is 6.17. The standard InChI is InChI=1S/C13H16ClN3OS/c1-15-13-17-16-12(19-13)8-4-5-9-18-11-7-3-2-6-10(11)14/h2-3,6-7H,4-5,8-9H2,1H3,(H,15,17). The maximum Gasteiger partial charge on any atom is 0.205 e. The van der Waals surface area contributed by atoms with Gasteiger partial charge in [0.1, 0.15) is 10.8 Å². The van der Waals surface area contributed by atoms with Gasteiger partial charge in [-0.15, -0.1) is 10.2 Å². The zero-order chi connectivity index (χ0) is 13.5. The topological polar surface area (TPSA) is 47.0 Å². The van der Waals surface area contributed by atoms with Crippen LogP contribution in [-0.2, 0) is 6.42 Å². The van der Waals surface area contributed by atoms with Gasteiger partial charge in [-0.25, -0.2) is 0 Å². The first kappa shape index (κ1) is 14.1. The molecular weight excluding hydrogens is 282 g/mol. The zero-order valence-electron chi connectivity index (χ0n) is 10.7. The fraction of sp³-hybridized carbons (Fsp3) is 0.385. The van der Waals surface area contributed by atoms with Crippen LogP contribution < -0.4 is 10.1 Å². The Morgan fingerprint density at radius 1 is 1.26 bits per heavy atom. The molecule has 4 nitrogen and oxygen atoms in total. The highest BCUT2D eigenvalue weighted by Crippen LogP contribution is 2.23. The van der Waals surface area contributed by atoms with Crippen molar-refractivity contribution < 1.29 is 4.74 Å². The molecule has 0 saturated carbocycles. The highest BCUT2D eigenvalue weighted by molar-refractivity contribution is 7.15. The Kier molecular flexibility index (Phi) is 5.42. The molecule has 6 heteroatoms. The maximum atomic E-state index is 6.00. The fourth-order valence-electron chi connectivity index (χ4n) is 1.58. The van der Waals surface area contributed by atoms with Crippen LogP contribution in [0, 0.1) is 0 Å². The van der Waals surface area contributed by atoms with Gasteiger partial charge in [0, 0.05) is 13.5 Å². The van der Waals surface area contributed by atoms with Gasteiger partial charge in [0.05, 0.1) is 11.6 Å². The Hall–Kier alpha value is -1.33. The van der Waals surface area contributed by atoms with Crippen LogP contribution in [0.3, 0.4) is 0 Å². The lowest BCUT2D eigenvalue weighted by molar-refractivity contribution is 0.307. The maximum absolute atomic E-state index is 6.00. The van der Waals surface area contributed by atoms with Gasteiger partial charge in [0.15, 0.2) is 0 Å². The van der Waals surface area contributed by atoms with Crippen molar-refractivity contribution in [1.29, 1.82) is 0 Å². The van der Waals surface area contributed by atoms with Gasteiger partial charge in [-0.2, -0.15) is 0 Å². The summed E-state index contributed by atoms with van der Waals surface area (Å²) in [7, 11) is 1.85. The Balaban J connectivity index is 1.66. The molecule has 1 N–H and O–H groups in total. The van der Waals surface area contributed by atoms with Crippen LogP contribution in [0.25, 0.3) is 0 Å². The molecule has 0 atom stereocenters. The SMILES string of the molecule is CNc1nnc(CCCCOc2ccccc2Cl)s1. The summed E-state index contributed by atoms with van der Waals surface area (Å²) in [6, 6.07) is 7.52. The second kappa shape index (κ2) is 7.31. The summed E-state index contributed by atoms with van der Waals surface area (Å²) in [5, 5.41) is 13.7. The Morgan fingerprint density at radius 3 is 2.84 bits per heavy atom. The number of unbranched alkanes of at least 4 members (excludes halogenated alkanes) is 1. The van der Waals surface area contributed by atoms with Crippen LogP contribution in [-0.4, -0.2) is 23.9 Å². The largest absolute Gasteiger partial charge is 0.492 e. The van der Waals surface area contributed by atoms with Crippen molar-refractivity contribution in [3.8, 4) is 5.75 Å². The van der Waals surface area contributed by atoms with Crippen molar-refractivity contribution in [3.05, 3.63) is 34.3 Å². The number of aromatic nitrogens is 2. The van der Waals surface area contributed by atoms with Gasteiger partial charge < -0.3 is 10.1 Å². The van der Waals surface area contributed by atoms with Crippen LogP contribution in [0.15, 0.2) is 24.3 Å². The number of ether oxygens (including phenoxy) is 1. The molecule has 2 aromatic rings. The zero-order valence-corrected chi connectivity index (χ0v) is 12.3. The molecule has 0 bridgehead atoms. The van der Waals surface area contributed by atoms with Gasteiger partial charge in [0.25, 0.3) is 0 Å². The monoisotopic (exact) mass is 297 g/mol. The third-order valence-corrected chi connectivity index (χ3v) is 3.87. The number of para-hydroxylation sites is 1. The Bertz CT molecular complexity index is 518. The van der Waals surface area contributed by atoms with Gasteiger partial charge in [-0.05, 0) is 25.0 Å². The Labute approximate surface area is 121 Å². The van der Waals surface area contributed by atoms with Crippen LogP contribution in [0.1, 0.15) is 17.8 Å². The molecule has 1 heterocycles. The summed E-state index contributed by atoms with van der Waals surface area (Å²) in [6.45, 7) is 0.668. The molecule has 2 rings (SSSR count). The minimum atomic E-state index is 0.658. The molecule has 1 aromatic heterocycles. The number of nitrogens with one attached hydrogen (secondary N) is 1. The third-order valence-electron chi connectivity index (χ3n) is 2.56. The fourth-order valence-corrected chi connectivity index (χ4v) is 2.50. The van der Waals surface area contributed by atoms with Crippen LogP contribution in [0.5, 0.6) is 5.75 Å². The first-order valence-corrected chi connectivity index (χ1v) is 7.36. The number of rotatable bonds is 7.